The van der Waals surface area contributed by atoms with Gasteiger partial charge in [0.1, 0.15) is 17.2 Å². The average Bonchev–Trinajstić information content (AvgIpc) is 3.48. The van der Waals surface area contributed by atoms with Gasteiger partial charge in [0, 0.05) is 26.0 Å². The summed E-state index contributed by atoms with van der Waals surface area (Å²) in [5.74, 6) is 1.60. The molecule has 0 radical (unpaired) electrons. The van der Waals surface area contributed by atoms with Crippen LogP contribution < -0.4 is 4.90 Å². The first-order valence-corrected chi connectivity index (χ1v) is 20.8. The number of aromatic nitrogens is 2. The molecule has 0 atom stereocenters. The van der Waals surface area contributed by atoms with Crippen molar-refractivity contribution in [3.63, 3.8) is 0 Å². The molecule has 0 unspecified atom stereocenters. The molecule has 0 bridgehead atoms. The molecular formula is C52H49N3OPtS. The summed E-state index contributed by atoms with van der Waals surface area (Å²) < 4.78 is 9.22. The second-order valence-electron chi connectivity index (χ2n) is 18.9. The van der Waals surface area contributed by atoms with Gasteiger partial charge in [-0.3, -0.25) is 14.9 Å². The van der Waals surface area contributed by atoms with Crippen molar-refractivity contribution in [2.24, 2.45) is 5.41 Å². The van der Waals surface area contributed by atoms with Gasteiger partial charge in [-0.25, -0.2) is 0 Å². The minimum absolute atomic E-state index is 0. The van der Waals surface area contributed by atoms with E-state index in [9.17, 15) is 0 Å². The van der Waals surface area contributed by atoms with Crippen LogP contribution in [0, 0.1) is 24.5 Å². The molecule has 294 valence electrons. The molecule has 0 aliphatic heterocycles. The van der Waals surface area contributed by atoms with Crippen LogP contribution in [0.2, 0.25) is 0 Å². The van der Waals surface area contributed by atoms with Gasteiger partial charge < -0.3 is 4.42 Å². The monoisotopic (exact) mass is 958 g/mol. The average molecular weight is 959 g/mol. The van der Waals surface area contributed by atoms with E-state index in [0.29, 0.717) is 0 Å². The van der Waals surface area contributed by atoms with E-state index in [4.69, 9.17) is 14.4 Å². The van der Waals surface area contributed by atoms with Crippen molar-refractivity contribution in [1.82, 2.24) is 9.97 Å². The fourth-order valence-electron chi connectivity index (χ4n) is 8.04. The zero-order valence-electron chi connectivity index (χ0n) is 35.0. The van der Waals surface area contributed by atoms with Gasteiger partial charge in [0.2, 0.25) is 0 Å². The molecule has 9 aromatic rings. The zero-order chi connectivity index (χ0) is 40.0. The molecular weight excluding hydrogens is 910 g/mol. The molecule has 6 heteroatoms. The minimum Gasteiger partial charge on any atom is -0.472 e. The topological polar surface area (TPSA) is 42.2 Å². The van der Waals surface area contributed by atoms with E-state index in [1.54, 1.807) is 11.3 Å². The van der Waals surface area contributed by atoms with Crippen LogP contribution in [0.3, 0.4) is 0 Å². The first kappa shape index (κ1) is 40.0. The molecule has 0 aliphatic carbocycles. The second kappa shape index (κ2) is 14.5. The predicted octanol–water partition coefficient (Wildman–Crippen LogP) is 15.1. The van der Waals surface area contributed by atoms with E-state index >= 15 is 0 Å². The Morgan fingerprint density at radius 2 is 1.43 bits per heavy atom. The number of fused-ring (bicyclic) bond motifs is 4. The molecule has 0 spiro atoms. The summed E-state index contributed by atoms with van der Waals surface area (Å²) in [6, 6.07) is 44.1. The molecule has 9 rings (SSSR count). The minimum atomic E-state index is -0.139. The van der Waals surface area contributed by atoms with Crippen molar-refractivity contribution < 1.29 is 25.5 Å². The quantitative estimate of drug-likeness (QED) is 0.161. The van der Waals surface area contributed by atoms with Crippen LogP contribution in [-0.4, -0.2) is 9.97 Å². The smallest absolute Gasteiger partial charge is 0.472 e. The number of nitrogens with zero attached hydrogens (tertiary/aromatic N) is 3. The van der Waals surface area contributed by atoms with E-state index in [0.717, 1.165) is 88.9 Å². The number of aryl methyl sites for hydroxylation is 1. The van der Waals surface area contributed by atoms with Crippen LogP contribution in [0.1, 0.15) is 84.6 Å². The van der Waals surface area contributed by atoms with E-state index in [-0.39, 0.29) is 37.3 Å². The van der Waals surface area contributed by atoms with Crippen molar-refractivity contribution in [1.29, 1.82) is 0 Å². The van der Waals surface area contributed by atoms with Crippen LogP contribution in [-0.2, 0) is 38.3 Å². The number of furan rings is 1. The number of pyridine rings is 2. The summed E-state index contributed by atoms with van der Waals surface area (Å²) in [7, 11) is 0. The molecule has 4 heterocycles. The fourth-order valence-corrected chi connectivity index (χ4v) is 9.24. The van der Waals surface area contributed by atoms with Crippen molar-refractivity contribution in [3.8, 4) is 11.3 Å². The number of anilines is 3. The molecule has 58 heavy (non-hydrogen) atoms. The van der Waals surface area contributed by atoms with Gasteiger partial charge in [0.25, 0.3) is 0 Å². The van der Waals surface area contributed by atoms with Crippen LogP contribution in [0.15, 0.2) is 108 Å². The Kier molecular flexibility index (Phi) is 9.97. The molecule has 4 nitrogen and oxygen atoms in total. The summed E-state index contributed by atoms with van der Waals surface area (Å²) >= 11 is 1.80. The maximum atomic E-state index is 6.88. The number of rotatable bonds is 5. The normalized spacial score (nSPS) is 12.6. The number of hydrogen-bond donors (Lipinski definition) is 0. The Hall–Kier alpha value is -4.83. The standard InChI is InChI=1S/C52H49N3OS.Pt/c1-31-23-43(55(37-20-12-11-13-21-37)44-29-36(52(8,9)10)28-40(53-44)34-18-16-19-35(26-34)51(5,6)7)54-47-39-27-33-17-14-15-22-38(33)48-45(39)46-41(56-48)24-32(30-50(2,3)4)25-42(46)57-49(31)47;/h11-17,19-26,28-29H,30H2,1-10H3;/q-2;+2. The van der Waals surface area contributed by atoms with Crippen LogP contribution in [0.5, 0.6) is 0 Å². The summed E-state index contributed by atoms with van der Waals surface area (Å²) in [5.41, 5.74) is 10.4. The Labute approximate surface area is 360 Å². The Bertz CT molecular complexity index is 3010. The van der Waals surface area contributed by atoms with Gasteiger partial charge in [0.15, 0.2) is 0 Å². The Morgan fingerprint density at radius 3 is 2.16 bits per heavy atom. The molecule has 0 saturated heterocycles. The van der Waals surface area contributed by atoms with Gasteiger partial charge in [0.05, 0.1) is 5.58 Å². The van der Waals surface area contributed by atoms with Gasteiger partial charge in [-0.15, -0.1) is 64.2 Å². The third kappa shape index (κ3) is 7.26. The molecule has 5 aromatic carbocycles. The van der Waals surface area contributed by atoms with Crippen molar-refractivity contribution in [2.75, 3.05) is 4.90 Å². The number of benzene rings is 5. The number of para-hydroxylation sites is 1. The van der Waals surface area contributed by atoms with Gasteiger partial charge in [-0.1, -0.05) is 110 Å². The number of hydrogen-bond acceptors (Lipinski definition) is 5. The summed E-state index contributed by atoms with van der Waals surface area (Å²) in [6.45, 7) is 22.6. The first-order valence-electron chi connectivity index (χ1n) is 20.0. The van der Waals surface area contributed by atoms with Crippen LogP contribution >= 0.6 is 11.3 Å². The second-order valence-corrected chi connectivity index (χ2v) is 19.9. The summed E-state index contributed by atoms with van der Waals surface area (Å²) in [5, 5.41) is 5.26. The van der Waals surface area contributed by atoms with Gasteiger partial charge in [-0.2, -0.15) is 0 Å². The first-order chi connectivity index (χ1) is 27.0. The van der Waals surface area contributed by atoms with Crippen LogP contribution in [0.4, 0.5) is 17.3 Å². The van der Waals surface area contributed by atoms with E-state index < -0.39 is 0 Å². The Balaban J connectivity index is 0.00000469. The zero-order valence-corrected chi connectivity index (χ0v) is 38.1. The molecule has 0 N–H and O–H groups in total. The van der Waals surface area contributed by atoms with E-state index in [1.807, 2.05) is 6.07 Å². The van der Waals surface area contributed by atoms with Crippen molar-refractivity contribution in [3.05, 3.63) is 138 Å². The SMILES string of the molecule is Cc1cc(N(c2ccccc2)c2cc(C(C)(C)C)cc(-c3[c-]ccc(C(C)(C)C)c3)n2)nc2c1sc1cc(CC(C)(C)C)cc3oc4c5ccccc5[c-]c2c4c31.[Pt+2]. The van der Waals surface area contributed by atoms with E-state index in [2.05, 4.69) is 183 Å². The third-order valence-electron chi connectivity index (χ3n) is 10.9. The summed E-state index contributed by atoms with van der Waals surface area (Å²) in [6.07, 6.45) is 0.948. The molecule has 0 amide bonds. The molecule has 0 fully saturated rings. The van der Waals surface area contributed by atoms with Gasteiger partial charge in [-0.05, 0) is 99.1 Å². The van der Waals surface area contributed by atoms with Crippen molar-refractivity contribution in [2.45, 2.75) is 86.5 Å². The molecule has 4 aromatic heterocycles. The molecule has 0 aliphatic rings. The molecule has 0 saturated carbocycles. The maximum absolute atomic E-state index is 6.88. The van der Waals surface area contributed by atoms with Crippen molar-refractivity contribution >= 4 is 81.7 Å². The summed E-state index contributed by atoms with van der Waals surface area (Å²) in [4.78, 5) is 13.3. The van der Waals surface area contributed by atoms with Gasteiger partial charge >= 0.3 is 21.1 Å². The maximum Gasteiger partial charge on any atom is 2.00 e. The van der Waals surface area contributed by atoms with E-state index in [1.165, 1.54) is 21.4 Å². The third-order valence-corrected chi connectivity index (χ3v) is 12.2. The fraction of sp³-hybridized carbons (Fsp3) is 0.269. The predicted molar refractivity (Wildman–Crippen MR) is 243 cm³/mol. The largest absolute Gasteiger partial charge is 2.00 e. The van der Waals surface area contributed by atoms with Crippen LogP contribution in [0.25, 0.3) is 64.3 Å². The Morgan fingerprint density at radius 1 is 0.724 bits per heavy atom.